The predicted octanol–water partition coefficient (Wildman–Crippen LogP) is -0.565. The number of hydrogen-bond acceptors (Lipinski definition) is 3. The van der Waals surface area contributed by atoms with Crippen LogP contribution in [0.3, 0.4) is 0 Å². The minimum atomic E-state index is -0.454. The third kappa shape index (κ3) is 2.79. The van der Waals surface area contributed by atoms with Gasteiger partial charge < -0.3 is 15.3 Å². The minimum Gasteiger partial charge on any atom is -0.394 e. The molecule has 0 radical (unpaired) electrons. The summed E-state index contributed by atoms with van der Waals surface area (Å²) in [6.45, 7) is 5.07. The minimum absolute atomic E-state index is 0.0370. The molecule has 0 bridgehead atoms. The van der Waals surface area contributed by atoms with Crippen LogP contribution in [0.1, 0.15) is 13.8 Å². The summed E-state index contributed by atoms with van der Waals surface area (Å²) in [5.41, 5.74) is 0. The van der Waals surface area contributed by atoms with Crippen molar-refractivity contribution >= 4 is 5.91 Å². The van der Waals surface area contributed by atoms with Gasteiger partial charge in [-0.25, -0.2) is 0 Å². The lowest BCUT2D eigenvalue weighted by atomic mass is 10.2. The molecule has 2 N–H and O–H groups in total. The van der Waals surface area contributed by atoms with E-state index in [0.29, 0.717) is 13.1 Å². The van der Waals surface area contributed by atoms with Gasteiger partial charge in [-0.05, 0) is 20.9 Å². The van der Waals surface area contributed by atoms with E-state index in [1.807, 2.05) is 13.8 Å². The molecule has 0 aliphatic heterocycles. The highest BCUT2D eigenvalue weighted by Gasteiger charge is 2.19. The number of hydrogen-bond donors (Lipinski definition) is 2. The van der Waals surface area contributed by atoms with Crippen LogP contribution < -0.4 is 5.32 Å². The molecule has 0 aromatic heterocycles. The fourth-order valence-corrected chi connectivity index (χ4v) is 1.05. The van der Waals surface area contributed by atoms with E-state index in [9.17, 15) is 4.79 Å². The normalized spacial score (nSPS) is 12.7. The molecule has 0 aromatic rings. The van der Waals surface area contributed by atoms with Crippen molar-refractivity contribution in [2.45, 2.75) is 19.9 Å². The quantitative estimate of drug-likeness (QED) is 0.587. The highest BCUT2D eigenvalue weighted by atomic mass is 16.3. The maximum atomic E-state index is 11.5. The van der Waals surface area contributed by atoms with Gasteiger partial charge in [-0.3, -0.25) is 4.79 Å². The molecule has 1 amide bonds. The van der Waals surface area contributed by atoms with Crippen molar-refractivity contribution in [2.24, 2.45) is 0 Å². The van der Waals surface area contributed by atoms with Gasteiger partial charge in [0.15, 0.2) is 0 Å². The fraction of sp³-hybridized carbons (Fsp3) is 0.875. The summed E-state index contributed by atoms with van der Waals surface area (Å²) in [5, 5.41) is 11.6. The number of carbonyl (C=O) groups excluding carboxylic acids is 1. The molecule has 1 atom stereocenters. The molecule has 0 saturated heterocycles. The Kier molecular flexibility index (Phi) is 5.66. The number of rotatable bonds is 5. The average molecular weight is 174 g/mol. The second-order valence-corrected chi connectivity index (χ2v) is 2.53. The third-order valence-electron chi connectivity index (χ3n) is 1.90. The Hall–Kier alpha value is -0.610. The molecule has 0 heterocycles. The molecule has 4 heteroatoms. The Bertz CT molecular complexity index is 117. The van der Waals surface area contributed by atoms with E-state index in [2.05, 4.69) is 5.32 Å². The van der Waals surface area contributed by atoms with E-state index >= 15 is 0 Å². The van der Waals surface area contributed by atoms with Crippen molar-refractivity contribution < 1.29 is 9.90 Å². The van der Waals surface area contributed by atoms with Gasteiger partial charge >= 0.3 is 0 Å². The van der Waals surface area contributed by atoms with Crippen molar-refractivity contribution in [3.8, 4) is 0 Å². The molecular formula is C8H18N2O2. The number of likely N-dealkylation sites (N-methyl/N-ethyl adjacent to an activating group) is 2. The first-order valence-corrected chi connectivity index (χ1v) is 4.28. The van der Waals surface area contributed by atoms with Crippen molar-refractivity contribution in [1.29, 1.82) is 0 Å². The third-order valence-corrected chi connectivity index (χ3v) is 1.90. The Balaban J connectivity index is 4.12. The van der Waals surface area contributed by atoms with Crippen molar-refractivity contribution in [2.75, 3.05) is 26.7 Å². The molecule has 0 fully saturated rings. The zero-order chi connectivity index (χ0) is 9.56. The summed E-state index contributed by atoms with van der Waals surface area (Å²) in [5.74, 6) is -0.0370. The van der Waals surface area contributed by atoms with E-state index in [1.54, 1.807) is 11.9 Å². The summed E-state index contributed by atoms with van der Waals surface area (Å²) in [7, 11) is 1.67. The van der Waals surface area contributed by atoms with Crippen LogP contribution in [0.25, 0.3) is 0 Å². The van der Waals surface area contributed by atoms with Crippen LogP contribution in [0.4, 0.5) is 0 Å². The topological polar surface area (TPSA) is 52.6 Å². The van der Waals surface area contributed by atoms with Gasteiger partial charge in [0, 0.05) is 13.1 Å². The molecule has 0 unspecified atom stereocenters. The predicted molar refractivity (Wildman–Crippen MR) is 47.9 cm³/mol. The summed E-state index contributed by atoms with van der Waals surface area (Å²) >= 11 is 0. The SMILES string of the molecule is CCN(CC)C(=O)[C@H](CO)NC. The largest absolute Gasteiger partial charge is 0.394 e. The Labute approximate surface area is 73.6 Å². The van der Waals surface area contributed by atoms with Gasteiger partial charge in [-0.2, -0.15) is 0 Å². The van der Waals surface area contributed by atoms with Gasteiger partial charge in [-0.1, -0.05) is 0 Å². The summed E-state index contributed by atoms with van der Waals surface area (Å²) in [6.07, 6.45) is 0. The van der Waals surface area contributed by atoms with E-state index in [4.69, 9.17) is 5.11 Å². The average Bonchev–Trinajstić information content (AvgIpc) is 2.09. The molecule has 12 heavy (non-hydrogen) atoms. The van der Waals surface area contributed by atoms with Crippen molar-refractivity contribution in [1.82, 2.24) is 10.2 Å². The van der Waals surface area contributed by atoms with Gasteiger partial charge in [0.05, 0.1) is 6.61 Å². The highest BCUT2D eigenvalue weighted by Crippen LogP contribution is 1.93. The van der Waals surface area contributed by atoms with Crippen LogP contribution in [0.5, 0.6) is 0 Å². The second kappa shape index (κ2) is 5.97. The molecule has 0 saturated carbocycles. The number of aliphatic hydroxyl groups excluding tert-OH is 1. The van der Waals surface area contributed by atoms with Crippen LogP contribution in [0, 0.1) is 0 Å². The first-order chi connectivity index (χ1) is 5.71. The van der Waals surface area contributed by atoms with Crippen LogP contribution in [0.15, 0.2) is 0 Å². The van der Waals surface area contributed by atoms with E-state index in [0.717, 1.165) is 0 Å². The van der Waals surface area contributed by atoms with Crippen LogP contribution in [-0.2, 0) is 4.79 Å². The maximum Gasteiger partial charge on any atom is 0.242 e. The van der Waals surface area contributed by atoms with Crippen LogP contribution in [-0.4, -0.2) is 48.7 Å². The summed E-state index contributed by atoms with van der Waals surface area (Å²) in [6, 6.07) is -0.454. The molecule has 4 nitrogen and oxygen atoms in total. The maximum absolute atomic E-state index is 11.5. The molecule has 72 valence electrons. The lowest BCUT2D eigenvalue weighted by Gasteiger charge is -2.23. The fourth-order valence-electron chi connectivity index (χ4n) is 1.05. The molecule has 0 aliphatic carbocycles. The lowest BCUT2D eigenvalue weighted by molar-refractivity contribution is -0.133. The standard InChI is InChI=1S/C8H18N2O2/c1-4-10(5-2)8(12)7(6-11)9-3/h7,9,11H,4-6H2,1-3H3/t7-/m0/s1. The second-order valence-electron chi connectivity index (χ2n) is 2.53. The zero-order valence-electron chi connectivity index (χ0n) is 8.00. The van der Waals surface area contributed by atoms with Gasteiger partial charge in [0.1, 0.15) is 6.04 Å². The van der Waals surface area contributed by atoms with Crippen LogP contribution in [0.2, 0.25) is 0 Å². The first-order valence-electron chi connectivity index (χ1n) is 4.28. The van der Waals surface area contributed by atoms with Crippen molar-refractivity contribution in [3.05, 3.63) is 0 Å². The molecule has 0 aliphatic rings. The highest BCUT2D eigenvalue weighted by molar-refractivity contribution is 5.81. The molecule has 0 rings (SSSR count). The van der Waals surface area contributed by atoms with Gasteiger partial charge in [0.25, 0.3) is 0 Å². The number of nitrogens with zero attached hydrogens (tertiary/aromatic N) is 1. The number of aliphatic hydroxyl groups is 1. The first kappa shape index (κ1) is 11.4. The van der Waals surface area contributed by atoms with Gasteiger partial charge in [-0.15, -0.1) is 0 Å². The molecule has 0 spiro atoms. The summed E-state index contributed by atoms with van der Waals surface area (Å²) in [4.78, 5) is 13.2. The molecule has 0 aromatic carbocycles. The zero-order valence-corrected chi connectivity index (χ0v) is 8.00. The summed E-state index contributed by atoms with van der Waals surface area (Å²) < 4.78 is 0. The number of carbonyl (C=O) groups is 1. The van der Waals surface area contributed by atoms with Crippen molar-refractivity contribution in [3.63, 3.8) is 0 Å². The Morgan fingerprint density at radius 1 is 1.50 bits per heavy atom. The number of nitrogens with one attached hydrogen (secondary N) is 1. The molecular weight excluding hydrogens is 156 g/mol. The number of amides is 1. The van der Waals surface area contributed by atoms with E-state index in [-0.39, 0.29) is 12.5 Å². The van der Waals surface area contributed by atoms with Gasteiger partial charge in [0.2, 0.25) is 5.91 Å². The van der Waals surface area contributed by atoms with Crippen LogP contribution >= 0.6 is 0 Å². The Morgan fingerprint density at radius 3 is 2.25 bits per heavy atom. The monoisotopic (exact) mass is 174 g/mol. The van der Waals surface area contributed by atoms with E-state index < -0.39 is 6.04 Å². The Morgan fingerprint density at radius 2 is 2.00 bits per heavy atom. The van der Waals surface area contributed by atoms with E-state index in [1.165, 1.54) is 0 Å². The smallest absolute Gasteiger partial charge is 0.242 e. The lowest BCUT2D eigenvalue weighted by Crippen LogP contribution is -2.47.